The minimum absolute atomic E-state index is 0. The molecular weight excluding hydrogens is 212 g/mol. The molecule has 14 heavy (non-hydrogen) atoms. The molecule has 72 valence electrons. The quantitative estimate of drug-likeness (QED) is 0.366. The zero-order valence-corrected chi connectivity index (χ0v) is 9.15. The van der Waals surface area contributed by atoms with Gasteiger partial charge >= 0.3 is 17.1 Å². The van der Waals surface area contributed by atoms with Crippen LogP contribution >= 0.6 is 0 Å². The van der Waals surface area contributed by atoms with E-state index in [9.17, 15) is 0 Å². The summed E-state index contributed by atoms with van der Waals surface area (Å²) in [5.41, 5.74) is 1.10. The largest absolute Gasteiger partial charge is 2.00 e. The number of hydrogen-bond acceptors (Lipinski definition) is 0. The van der Waals surface area contributed by atoms with Gasteiger partial charge in [0.15, 0.2) is 0 Å². The van der Waals surface area contributed by atoms with Gasteiger partial charge in [0.1, 0.15) is 0 Å². The van der Waals surface area contributed by atoms with Crippen LogP contribution in [0.25, 0.3) is 0 Å². The van der Waals surface area contributed by atoms with E-state index in [0.717, 1.165) is 5.56 Å². The summed E-state index contributed by atoms with van der Waals surface area (Å²) in [4.78, 5) is 0. The fraction of sp³-hybridized carbons (Fsp3) is 0.0769. The van der Waals surface area contributed by atoms with Gasteiger partial charge in [0, 0.05) is 0 Å². The van der Waals surface area contributed by atoms with Crippen molar-refractivity contribution in [2.45, 2.75) is 6.92 Å². The molecule has 0 aromatic heterocycles. The van der Waals surface area contributed by atoms with Gasteiger partial charge in [-0.1, -0.05) is 5.56 Å². The van der Waals surface area contributed by atoms with Crippen LogP contribution in [0, 0.1) is 11.8 Å². The summed E-state index contributed by atoms with van der Waals surface area (Å²) in [7, 11) is 0. The molecule has 0 radical (unpaired) electrons. The summed E-state index contributed by atoms with van der Waals surface area (Å²) < 4.78 is 0. The van der Waals surface area contributed by atoms with Crippen molar-refractivity contribution >= 4 is 0 Å². The van der Waals surface area contributed by atoms with E-state index in [1.165, 1.54) is 0 Å². The monoisotopic (exact) mass is 224 g/mol. The van der Waals surface area contributed by atoms with Gasteiger partial charge in [-0.3, -0.25) is 0 Å². The summed E-state index contributed by atoms with van der Waals surface area (Å²) in [5, 5.41) is 0. The minimum atomic E-state index is 0. The molecule has 2 aromatic carbocycles. The molecule has 0 saturated carbocycles. The Morgan fingerprint density at radius 2 is 1.57 bits per heavy atom. The molecule has 0 N–H and O–H groups in total. The van der Waals surface area contributed by atoms with Crippen LogP contribution in [-0.2, 0) is 17.1 Å². The first kappa shape index (κ1) is 12.8. The third-order valence-corrected chi connectivity index (χ3v) is 1.49. The molecular formula is C13H12Fe. The Balaban J connectivity index is 0.000000246. The molecule has 0 nitrogen and oxygen atoms in total. The number of rotatable bonds is 0. The molecule has 2 rings (SSSR count). The Labute approximate surface area is 96.2 Å². The van der Waals surface area contributed by atoms with E-state index in [2.05, 4.69) is 11.8 Å². The van der Waals surface area contributed by atoms with Gasteiger partial charge in [0.25, 0.3) is 0 Å². The second-order valence-corrected chi connectivity index (χ2v) is 2.51. The zero-order valence-electron chi connectivity index (χ0n) is 8.05. The van der Waals surface area contributed by atoms with Crippen molar-refractivity contribution in [3.05, 3.63) is 60.2 Å². The Bertz CT molecular complexity index is 326. The van der Waals surface area contributed by atoms with Crippen LogP contribution in [0.4, 0.5) is 0 Å². The van der Waals surface area contributed by atoms with Gasteiger partial charge in [-0.25, -0.2) is 18.1 Å². The molecule has 0 aliphatic heterocycles. The third-order valence-electron chi connectivity index (χ3n) is 1.49. The molecule has 0 fully saturated rings. The van der Waals surface area contributed by atoms with Crippen LogP contribution in [0.15, 0.2) is 54.6 Å². The van der Waals surface area contributed by atoms with Gasteiger partial charge in [-0.15, -0.1) is 12.1 Å². The van der Waals surface area contributed by atoms with Crippen LogP contribution in [0.5, 0.6) is 0 Å². The smallest absolute Gasteiger partial charge is 0.214 e. The van der Waals surface area contributed by atoms with E-state index < -0.39 is 0 Å². The van der Waals surface area contributed by atoms with Gasteiger partial charge in [-0.2, -0.15) is 36.3 Å². The van der Waals surface area contributed by atoms with Crippen LogP contribution in [0.1, 0.15) is 12.5 Å². The minimum Gasteiger partial charge on any atom is -0.214 e. The summed E-state index contributed by atoms with van der Waals surface area (Å²) >= 11 is 0. The summed E-state index contributed by atoms with van der Waals surface area (Å²) in [5.74, 6) is 5.76. The normalized spacial score (nSPS) is 7.21. The van der Waals surface area contributed by atoms with Gasteiger partial charge in [-0.05, 0) is 6.92 Å². The van der Waals surface area contributed by atoms with E-state index in [1.54, 1.807) is 0 Å². The fourth-order valence-corrected chi connectivity index (χ4v) is 0.922. The predicted molar refractivity (Wildman–Crippen MR) is 56.6 cm³/mol. The van der Waals surface area contributed by atoms with Crippen molar-refractivity contribution in [2.75, 3.05) is 0 Å². The maximum atomic E-state index is 2.94. The van der Waals surface area contributed by atoms with Gasteiger partial charge in [0.2, 0.25) is 0 Å². The molecule has 0 unspecified atom stereocenters. The maximum absolute atomic E-state index is 2.94. The first-order chi connectivity index (χ1) is 6.43. The predicted octanol–water partition coefficient (Wildman–Crippen LogP) is 3.18. The van der Waals surface area contributed by atoms with Crippen molar-refractivity contribution in [2.24, 2.45) is 0 Å². The maximum Gasteiger partial charge on any atom is 2.00 e. The Hall–Kier alpha value is -1.22. The average molecular weight is 224 g/mol. The summed E-state index contributed by atoms with van der Waals surface area (Å²) in [6, 6.07) is 18.0. The molecule has 0 aliphatic rings. The van der Waals surface area contributed by atoms with Crippen LogP contribution in [0.2, 0.25) is 0 Å². The summed E-state index contributed by atoms with van der Waals surface area (Å²) in [6.07, 6.45) is 0. The van der Waals surface area contributed by atoms with Crippen molar-refractivity contribution in [1.29, 1.82) is 0 Å². The first-order valence-electron chi connectivity index (χ1n) is 4.24. The number of hydrogen-bond donors (Lipinski definition) is 0. The summed E-state index contributed by atoms with van der Waals surface area (Å²) in [6.45, 7) is 1.84. The van der Waals surface area contributed by atoms with Crippen LogP contribution in [0.3, 0.4) is 0 Å². The molecule has 0 atom stereocenters. The molecule has 1 heteroatoms. The van der Waals surface area contributed by atoms with Gasteiger partial charge in [0.05, 0.1) is 0 Å². The molecule has 0 bridgehead atoms. The van der Waals surface area contributed by atoms with Crippen molar-refractivity contribution in [1.82, 2.24) is 0 Å². The van der Waals surface area contributed by atoms with Gasteiger partial charge < -0.3 is 0 Å². The van der Waals surface area contributed by atoms with Crippen LogP contribution < -0.4 is 0 Å². The second-order valence-electron chi connectivity index (χ2n) is 2.51. The molecule has 0 amide bonds. The van der Waals surface area contributed by atoms with Crippen molar-refractivity contribution in [3.63, 3.8) is 0 Å². The zero-order chi connectivity index (χ0) is 9.36. The SMILES string of the molecule is CC#C[c-]1cccc1.[Fe+2].c1cc[cH-]c1. The molecule has 2 aromatic rings. The standard InChI is InChI=1S/C8H7.C5H5.Fe/c1-2-5-8-6-3-4-7-8;1-2-4-5-3-1;/h3-4,6-7H,1H3;1-5H;/q2*-1;+2. The fourth-order valence-electron chi connectivity index (χ4n) is 0.922. The Morgan fingerprint density at radius 3 is 1.93 bits per heavy atom. The topological polar surface area (TPSA) is 0 Å². The van der Waals surface area contributed by atoms with E-state index >= 15 is 0 Å². The van der Waals surface area contributed by atoms with Crippen LogP contribution in [-0.4, -0.2) is 0 Å². The first-order valence-corrected chi connectivity index (χ1v) is 4.24. The van der Waals surface area contributed by atoms with E-state index in [1.807, 2.05) is 61.5 Å². The molecule has 0 spiro atoms. The second kappa shape index (κ2) is 8.38. The van der Waals surface area contributed by atoms with Crippen molar-refractivity contribution in [3.8, 4) is 11.8 Å². The third kappa shape index (κ3) is 5.43. The average Bonchev–Trinajstić information content (AvgIpc) is 2.79. The molecule has 0 heterocycles. The van der Waals surface area contributed by atoms with E-state index in [0.29, 0.717) is 0 Å². The van der Waals surface area contributed by atoms with Crippen molar-refractivity contribution < 1.29 is 17.1 Å². The van der Waals surface area contributed by atoms with E-state index in [4.69, 9.17) is 0 Å². The Kier molecular flexibility index (Phi) is 7.65. The van der Waals surface area contributed by atoms with E-state index in [-0.39, 0.29) is 17.1 Å². The Morgan fingerprint density at radius 1 is 1.00 bits per heavy atom. The molecule has 0 aliphatic carbocycles. The molecule has 0 saturated heterocycles.